The maximum atomic E-state index is 13.9. The molecule has 10 N–H and O–H groups in total. The minimum absolute atomic E-state index is 0.00170. The molecule has 2 aliphatic rings. The number of carbonyl (C=O) groups excluding carboxylic acids is 6. The zero-order chi connectivity index (χ0) is 74.5. The number of carbonyl (C=O) groups is 8. The van der Waals surface area contributed by atoms with Crippen LogP contribution in [-0.2, 0) is 66.8 Å². The number of ether oxygens (including phenoxy) is 6. The van der Waals surface area contributed by atoms with Crippen LogP contribution in [0.15, 0.2) is 106 Å². The fourth-order valence-electron chi connectivity index (χ4n) is 10.5. The highest BCUT2D eigenvalue weighted by atomic mass is 35.5. The maximum Gasteiger partial charge on any atom is 0.305 e. The quantitative estimate of drug-likeness (QED) is 0.0208. The number of rotatable bonds is 55. The van der Waals surface area contributed by atoms with E-state index < -0.39 is 72.8 Å². The van der Waals surface area contributed by atoms with Crippen LogP contribution < -0.4 is 42.5 Å². The van der Waals surface area contributed by atoms with Gasteiger partial charge in [0.1, 0.15) is 23.7 Å². The molecular formula is C68H94Cl4N16O16. The van der Waals surface area contributed by atoms with E-state index in [1.807, 2.05) is 36.4 Å². The predicted octanol–water partition coefficient (Wildman–Crippen LogP) is 6.58. The van der Waals surface area contributed by atoms with Crippen LogP contribution in [0.25, 0.3) is 0 Å². The number of benzene rings is 2. The number of nitrogens with zero attached hydrogens (tertiary/aromatic N) is 8. The Morgan fingerprint density at radius 1 is 0.442 bits per heavy atom. The minimum atomic E-state index is -1.16. The summed E-state index contributed by atoms with van der Waals surface area (Å²) in [4.78, 5) is 111. The second-order valence-corrected chi connectivity index (χ2v) is 25.8. The molecule has 570 valence electrons. The Hall–Kier alpha value is -8.18. The van der Waals surface area contributed by atoms with Crippen molar-refractivity contribution < 1.29 is 77.0 Å². The zero-order valence-corrected chi connectivity index (χ0v) is 60.9. The van der Waals surface area contributed by atoms with E-state index in [9.17, 15) is 48.6 Å². The van der Waals surface area contributed by atoms with Crippen molar-refractivity contribution >= 4 is 105 Å². The van der Waals surface area contributed by atoms with Gasteiger partial charge in [0, 0.05) is 97.2 Å². The number of carboxylic acids is 2. The average molecular weight is 1530 g/mol. The van der Waals surface area contributed by atoms with Crippen LogP contribution in [0.2, 0.25) is 20.1 Å². The molecule has 6 unspecified atom stereocenters. The van der Waals surface area contributed by atoms with Crippen LogP contribution in [0, 0.1) is 0 Å². The lowest BCUT2D eigenvalue weighted by molar-refractivity contribution is -0.139. The summed E-state index contributed by atoms with van der Waals surface area (Å²) in [6, 6.07) is 15.1. The number of unbranched alkanes of at least 4 members (excludes halogenated alkanes) is 2. The number of halogens is 4. The fraction of sp³-hybridized carbons (Fsp3) is 0.559. The summed E-state index contributed by atoms with van der Waals surface area (Å²) in [6.45, 7) is 6.66. The van der Waals surface area contributed by atoms with Crippen molar-refractivity contribution in [2.45, 2.75) is 113 Å². The van der Waals surface area contributed by atoms with E-state index in [1.165, 1.54) is 36.4 Å². The molecule has 0 bridgehead atoms. The van der Waals surface area contributed by atoms with Crippen molar-refractivity contribution in [3.8, 4) is 0 Å². The summed E-state index contributed by atoms with van der Waals surface area (Å²) < 4.78 is 33.7. The largest absolute Gasteiger partial charge is 0.481 e. The van der Waals surface area contributed by atoms with Crippen molar-refractivity contribution in [2.24, 2.45) is 20.7 Å². The first-order chi connectivity index (χ1) is 50.3. The second kappa shape index (κ2) is 49.5. The van der Waals surface area contributed by atoms with Crippen LogP contribution >= 0.6 is 46.4 Å². The Morgan fingerprint density at radius 2 is 0.808 bits per heavy atom. The molecule has 2 aromatic heterocycles. The highest BCUT2D eigenvalue weighted by Gasteiger charge is 2.33. The van der Waals surface area contributed by atoms with Gasteiger partial charge >= 0.3 is 11.9 Å². The van der Waals surface area contributed by atoms with Crippen molar-refractivity contribution in [1.82, 2.24) is 51.9 Å². The van der Waals surface area contributed by atoms with Crippen molar-refractivity contribution in [1.29, 1.82) is 0 Å². The maximum absolute atomic E-state index is 13.9. The summed E-state index contributed by atoms with van der Waals surface area (Å²) in [5.41, 5.74) is 0.785. The molecule has 0 aliphatic carbocycles. The summed E-state index contributed by atoms with van der Waals surface area (Å²) in [6.07, 6.45) is 5.33. The highest BCUT2D eigenvalue weighted by Crippen LogP contribution is 2.28. The molecule has 0 radical (unpaired) electrons. The van der Waals surface area contributed by atoms with Gasteiger partial charge in [-0.3, -0.25) is 48.4 Å². The topological polar surface area (TPSA) is 410 Å². The molecule has 2 aromatic carbocycles. The third-order valence-corrected chi connectivity index (χ3v) is 16.5. The molecule has 0 saturated heterocycles. The number of pyridine rings is 2. The first kappa shape index (κ1) is 84.8. The second-order valence-electron chi connectivity index (χ2n) is 24.0. The van der Waals surface area contributed by atoms with Crippen LogP contribution in [0.5, 0.6) is 0 Å². The van der Waals surface area contributed by atoms with Crippen molar-refractivity contribution in [2.75, 3.05) is 142 Å². The first-order valence-electron chi connectivity index (χ1n) is 34.5. The Bertz CT molecular complexity index is 3090. The normalized spacial score (nSPS) is 15.0. The van der Waals surface area contributed by atoms with Crippen LogP contribution in [0.3, 0.4) is 0 Å². The van der Waals surface area contributed by atoms with E-state index in [-0.39, 0.29) is 122 Å². The summed E-state index contributed by atoms with van der Waals surface area (Å²) in [5, 5.41) is 64.1. The van der Waals surface area contributed by atoms with E-state index in [0.717, 1.165) is 11.6 Å². The third kappa shape index (κ3) is 36.5. The lowest BCUT2D eigenvalue weighted by atomic mass is 10.0. The smallest absolute Gasteiger partial charge is 0.305 e. The SMILES string of the molecule is O=C(O)CC(NC(=O)C(CC1CN(CCOCCOCCOCCNC(=O)CCC(=O)NCCOCCOCCOCCN2CC(CC(NC(=O)CCCCNc3ccccn3)C(=O)NC(CC(=O)O)c3cc(Cl)cc(Cl)c3)N=N2)N=N1)NC(=O)CCCCNc1ccccn1)c1cc(Cl)cc(Cl)c1. The summed E-state index contributed by atoms with van der Waals surface area (Å²) >= 11 is 24.9. The Kier molecular flexibility index (Phi) is 40.4. The van der Waals surface area contributed by atoms with Crippen molar-refractivity contribution in [3.63, 3.8) is 0 Å². The van der Waals surface area contributed by atoms with Gasteiger partial charge in [0.05, 0.1) is 142 Å². The molecule has 6 atom stereocenters. The molecule has 104 heavy (non-hydrogen) atoms. The van der Waals surface area contributed by atoms with Crippen molar-refractivity contribution in [3.05, 3.63) is 116 Å². The fourth-order valence-corrected chi connectivity index (χ4v) is 11.6. The van der Waals surface area contributed by atoms with Gasteiger partial charge in [0.2, 0.25) is 35.4 Å². The average Bonchev–Trinajstić information content (AvgIpc) is 0.877. The molecule has 0 spiro atoms. The van der Waals surface area contributed by atoms with Gasteiger partial charge in [-0.05, 0) is 97.5 Å². The molecule has 0 saturated carbocycles. The molecule has 2 aliphatic heterocycles. The van der Waals surface area contributed by atoms with Gasteiger partial charge in [-0.1, -0.05) is 69.0 Å². The van der Waals surface area contributed by atoms with Gasteiger partial charge < -0.3 is 81.2 Å². The molecule has 36 heteroatoms. The van der Waals surface area contributed by atoms with E-state index in [2.05, 4.69) is 73.2 Å². The molecule has 6 amide bonds. The van der Waals surface area contributed by atoms with Gasteiger partial charge in [0.15, 0.2) is 0 Å². The number of carboxylic acid groups (broad SMARTS) is 2. The first-order valence-corrected chi connectivity index (χ1v) is 36.0. The molecule has 4 heterocycles. The Labute approximate surface area is 623 Å². The van der Waals surface area contributed by atoms with Crippen LogP contribution in [0.4, 0.5) is 11.6 Å². The predicted molar refractivity (Wildman–Crippen MR) is 386 cm³/mol. The van der Waals surface area contributed by atoms with Gasteiger partial charge in [-0.2, -0.15) is 10.2 Å². The van der Waals surface area contributed by atoms with E-state index >= 15 is 0 Å². The van der Waals surface area contributed by atoms with Crippen LogP contribution in [0.1, 0.15) is 100 Å². The number of anilines is 2. The number of aliphatic carboxylic acids is 2. The van der Waals surface area contributed by atoms with E-state index in [0.29, 0.717) is 129 Å². The summed E-state index contributed by atoms with van der Waals surface area (Å²) in [7, 11) is 0. The molecule has 6 rings (SSSR count). The lowest BCUT2D eigenvalue weighted by Crippen LogP contribution is -2.49. The van der Waals surface area contributed by atoms with Gasteiger partial charge in [-0.15, -0.1) is 0 Å². The number of aromatic nitrogens is 2. The zero-order valence-electron chi connectivity index (χ0n) is 57.9. The molecule has 0 fully saturated rings. The van der Waals surface area contributed by atoms with Crippen LogP contribution in [-0.4, -0.2) is 233 Å². The number of nitrogens with one attached hydrogen (secondary N) is 8. The molecular weight excluding hydrogens is 1440 g/mol. The monoisotopic (exact) mass is 1530 g/mol. The van der Waals surface area contributed by atoms with E-state index in [4.69, 9.17) is 74.8 Å². The molecule has 4 aromatic rings. The number of amides is 6. The third-order valence-electron chi connectivity index (χ3n) is 15.6. The minimum Gasteiger partial charge on any atom is -0.481 e. The Morgan fingerprint density at radius 3 is 1.16 bits per heavy atom. The van der Waals surface area contributed by atoms with Gasteiger partial charge in [0.25, 0.3) is 0 Å². The van der Waals surface area contributed by atoms with E-state index in [1.54, 1.807) is 22.4 Å². The Balaban J connectivity index is 0.732. The number of hydrogen-bond donors (Lipinski definition) is 10. The summed E-state index contributed by atoms with van der Waals surface area (Å²) in [5.74, 6) is -3.37. The standard InChI is InChI=1S/C68H94Cl4N16O16/c69-49-35-47(36-50(70)39-49)55(43-65(93)94)81-67(97)57(79-63(91)11-3-7-17-75-59-9-1-5-15-73-59)41-53-45-87(85-83-53)21-25-101-29-33-103-31-27-99-23-19-77-61(89)13-14-62(90)78-20-24-100-28-32-104-34-30-102-26-22-88-46-54(84-86-88)42-58(80-64(92)12-4-8-18-76-60-10-2-6-16-74-60)68(98)82-56(44-66(95)96)48-37-51(71)40-52(72)38-48/h1-2,5-6,9-10,15-16,35-40,53-58H,3-4,7-8,11-14,17-34,41-46H2,(H,73,75)(H,74,76)(H,77,89)(H,78,90)(H,79,91)(H,80,92)(H,81,97)(H,82,98)(H,93,94)(H,95,96). The lowest BCUT2D eigenvalue weighted by Gasteiger charge is -2.24. The highest BCUT2D eigenvalue weighted by molar-refractivity contribution is 6.35. The van der Waals surface area contributed by atoms with Gasteiger partial charge in [-0.25, -0.2) is 9.97 Å². The molecule has 32 nitrogen and oxygen atoms in total. The number of hydrogen-bond acceptors (Lipinski definition) is 24.